The second kappa shape index (κ2) is 9.02. The van der Waals surface area contributed by atoms with Crippen molar-refractivity contribution in [3.05, 3.63) is 87.9 Å². The smallest absolute Gasteiger partial charge is 0.149 e. The first-order chi connectivity index (χ1) is 15.1. The highest BCUT2D eigenvalue weighted by Crippen LogP contribution is 2.29. The molecule has 0 spiro atoms. The molecule has 0 bridgehead atoms. The zero-order valence-corrected chi connectivity index (χ0v) is 18.1. The number of hydrogen-bond acceptors (Lipinski definition) is 4. The first kappa shape index (κ1) is 20.6. The molecular weight excluding hydrogens is 461 g/mol. The average molecular weight is 478 g/mol. The Morgan fingerprint density at radius 1 is 1.19 bits per heavy atom. The molecule has 4 rings (SSSR count). The number of allylic oxidation sites excluding steroid dienone is 1. The number of aromatic amines is 1. The fourth-order valence-corrected chi connectivity index (χ4v) is 3.57. The number of nitrogens with one attached hydrogen (secondary N) is 1. The maximum atomic E-state index is 13.8. The molecule has 1 N–H and O–H groups in total. The molecule has 0 unspecified atom stereocenters. The van der Waals surface area contributed by atoms with Gasteiger partial charge in [0.05, 0.1) is 28.2 Å². The molecule has 31 heavy (non-hydrogen) atoms. The lowest BCUT2D eigenvalue weighted by Gasteiger charge is -2.09. The van der Waals surface area contributed by atoms with Gasteiger partial charge in [-0.25, -0.2) is 9.37 Å². The summed E-state index contributed by atoms with van der Waals surface area (Å²) in [5.74, 6) is 1.46. The van der Waals surface area contributed by atoms with Gasteiger partial charge in [0.25, 0.3) is 0 Å². The van der Waals surface area contributed by atoms with E-state index in [1.54, 1.807) is 37.5 Å². The van der Waals surface area contributed by atoms with Crippen molar-refractivity contribution in [3.63, 3.8) is 0 Å². The van der Waals surface area contributed by atoms with Crippen molar-refractivity contribution in [2.75, 3.05) is 7.11 Å². The van der Waals surface area contributed by atoms with Crippen LogP contribution in [0, 0.1) is 17.1 Å². The third-order valence-corrected chi connectivity index (χ3v) is 5.29. The number of nitriles is 1. The molecule has 3 aromatic carbocycles. The van der Waals surface area contributed by atoms with E-state index in [1.807, 2.05) is 30.3 Å². The monoisotopic (exact) mass is 477 g/mol. The molecule has 1 aromatic heterocycles. The number of ether oxygens (including phenoxy) is 2. The predicted octanol–water partition coefficient (Wildman–Crippen LogP) is 6.12. The highest BCUT2D eigenvalue weighted by Gasteiger charge is 2.10. The number of fused-ring (bicyclic) bond motifs is 1. The lowest BCUT2D eigenvalue weighted by Crippen LogP contribution is -1.98. The molecule has 7 heteroatoms. The summed E-state index contributed by atoms with van der Waals surface area (Å²) in [5, 5.41) is 9.65. The van der Waals surface area contributed by atoms with Crippen molar-refractivity contribution in [2.45, 2.75) is 6.61 Å². The molecular formula is C24H17BrFN3O2. The Morgan fingerprint density at radius 3 is 2.77 bits per heavy atom. The Labute approximate surface area is 186 Å². The van der Waals surface area contributed by atoms with Crippen molar-refractivity contribution in [2.24, 2.45) is 0 Å². The summed E-state index contributed by atoms with van der Waals surface area (Å²) in [4.78, 5) is 7.65. The lowest BCUT2D eigenvalue weighted by molar-refractivity contribution is 0.298. The SMILES string of the molecule is COc1ccc2nc(C(C#N)=Cc3ccc(OCc4ccccc4F)c(Br)c3)[nH]c2c1. The topological polar surface area (TPSA) is 70.9 Å². The second-order valence-electron chi connectivity index (χ2n) is 6.71. The van der Waals surface area contributed by atoms with Gasteiger partial charge >= 0.3 is 0 Å². The van der Waals surface area contributed by atoms with Crippen LogP contribution in [0.4, 0.5) is 4.39 Å². The maximum Gasteiger partial charge on any atom is 0.149 e. The van der Waals surface area contributed by atoms with Crippen molar-refractivity contribution in [3.8, 4) is 17.6 Å². The molecule has 0 atom stereocenters. The van der Waals surface area contributed by atoms with E-state index >= 15 is 0 Å². The minimum Gasteiger partial charge on any atom is -0.497 e. The summed E-state index contributed by atoms with van der Waals surface area (Å²) in [6, 6.07) is 19.6. The van der Waals surface area contributed by atoms with Crippen LogP contribution in [-0.2, 0) is 6.61 Å². The summed E-state index contributed by atoms with van der Waals surface area (Å²) in [6.07, 6.45) is 1.74. The first-order valence-electron chi connectivity index (χ1n) is 9.39. The van der Waals surface area contributed by atoms with Gasteiger partial charge < -0.3 is 14.5 Å². The first-order valence-corrected chi connectivity index (χ1v) is 10.2. The van der Waals surface area contributed by atoms with E-state index in [0.717, 1.165) is 16.6 Å². The van der Waals surface area contributed by atoms with E-state index < -0.39 is 0 Å². The predicted molar refractivity (Wildman–Crippen MR) is 121 cm³/mol. The standard InChI is InChI=1S/C24H17BrFN3O2/c1-30-18-7-8-21-22(12-18)29-24(28-21)17(13-27)10-15-6-9-23(19(25)11-15)31-14-16-4-2-3-5-20(16)26/h2-12H,14H2,1H3,(H,28,29). The van der Waals surface area contributed by atoms with E-state index in [9.17, 15) is 9.65 Å². The molecule has 4 aromatic rings. The summed E-state index contributed by atoms with van der Waals surface area (Å²) in [6.45, 7) is 0.117. The van der Waals surface area contributed by atoms with E-state index in [2.05, 4.69) is 32.0 Å². The van der Waals surface area contributed by atoms with Gasteiger partial charge in [-0.05, 0) is 57.9 Å². The number of rotatable bonds is 6. The Balaban J connectivity index is 1.56. The molecule has 5 nitrogen and oxygen atoms in total. The fourth-order valence-electron chi connectivity index (χ4n) is 3.06. The van der Waals surface area contributed by atoms with E-state index in [1.165, 1.54) is 6.07 Å². The number of halogens is 2. The van der Waals surface area contributed by atoms with Crippen LogP contribution in [0.5, 0.6) is 11.5 Å². The zero-order chi connectivity index (χ0) is 21.8. The van der Waals surface area contributed by atoms with Gasteiger partial charge in [0, 0.05) is 11.6 Å². The van der Waals surface area contributed by atoms with Gasteiger partial charge in [-0.3, -0.25) is 0 Å². The quantitative estimate of drug-likeness (QED) is 0.339. The molecule has 0 saturated heterocycles. The third kappa shape index (κ3) is 4.60. The molecule has 0 amide bonds. The highest BCUT2D eigenvalue weighted by molar-refractivity contribution is 9.10. The van der Waals surface area contributed by atoms with Crippen molar-refractivity contribution in [1.29, 1.82) is 5.26 Å². The Morgan fingerprint density at radius 2 is 2.03 bits per heavy atom. The van der Waals surface area contributed by atoms with Gasteiger partial charge in [-0.2, -0.15) is 5.26 Å². The van der Waals surface area contributed by atoms with Crippen molar-refractivity contribution < 1.29 is 13.9 Å². The lowest BCUT2D eigenvalue weighted by atomic mass is 10.1. The van der Waals surface area contributed by atoms with Crippen molar-refractivity contribution >= 4 is 38.6 Å². The molecule has 0 radical (unpaired) electrons. The number of hydrogen-bond donors (Lipinski definition) is 1. The summed E-state index contributed by atoms with van der Waals surface area (Å²) in [5.41, 5.74) is 3.19. The van der Waals surface area contributed by atoms with Crippen LogP contribution < -0.4 is 9.47 Å². The zero-order valence-electron chi connectivity index (χ0n) is 16.5. The fraction of sp³-hybridized carbons (Fsp3) is 0.0833. The molecule has 0 aliphatic carbocycles. The number of imidazole rings is 1. The molecule has 0 saturated carbocycles. The number of H-pyrrole nitrogens is 1. The molecule has 0 fully saturated rings. The molecule has 0 aliphatic rings. The van der Waals surface area contributed by atoms with Crippen LogP contribution in [0.1, 0.15) is 17.0 Å². The Bertz CT molecular complexity index is 1320. The Hall–Kier alpha value is -3.63. The number of nitrogens with zero attached hydrogens (tertiary/aromatic N) is 2. The van der Waals surface area contributed by atoms with Gasteiger partial charge in [0.2, 0.25) is 0 Å². The third-order valence-electron chi connectivity index (χ3n) is 4.67. The Kier molecular flexibility index (Phi) is 6.01. The second-order valence-corrected chi connectivity index (χ2v) is 7.56. The summed E-state index contributed by atoms with van der Waals surface area (Å²) in [7, 11) is 1.60. The minimum absolute atomic E-state index is 0.117. The number of benzene rings is 3. The van der Waals surface area contributed by atoms with Crippen LogP contribution in [0.3, 0.4) is 0 Å². The molecule has 1 heterocycles. The van der Waals surface area contributed by atoms with E-state index in [-0.39, 0.29) is 12.4 Å². The summed E-state index contributed by atoms with van der Waals surface area (Å²) < 4.78 is 25.4. The van der Waals surface area contributed by atoms with Gasteiger partial charge in [-0.15, -0.1) is 0 Å². The molecule has 0 aliphatic heterocycles. The highest BCUT2D eigenvalue weighted by atomic mass is 79.9. The van der Waals surface area contributed by atoms with Crippen LogP contribution in [0.15, 0.2) is 65.1 Å². The number of aromatic nitrogens is 2. The summed E-state index contributed by atoms with van der Waals surface area (Å²) >= 11 is 3.48. The average Bonchev–Trinajstić information content (AvgIpc) is 3.21. The minimum atomic E-state index is -0.305. The van der Waals surface area contributed by atoms with Crippen LogP contribution in [0.2, 0.25) is 0 Å². The largest absolute Gasteiger partial charge is 0.497 e. The maximum absolute atomic E-state index is 13.8. The normalized spacial score (nSPS) is 11.4. The molecule has 154 valence electrons. The van der Waals surface area contributed by atoms with E-state index in [0.29, 0.717) is 32.9 Å². The van der Waals surface area contributed by atoms with Gasteiger partial charge in [-0.1, -0.05) is 24.3 Å². The van der Waals surface area contributed by atoms with E-state index in [4.69, 9.17) is 9.47 Å². The number of methoxy groups -OCH3 is 1. The van der Waals surface area contributed by atoms with Crippen LogP contribution in [-0.4, -0.2) is 17.1 Å². The van der Waals surface area contributed by atoms with Crippen LogP contribution >= 0.6 is 15.9 Å². The van der Waals surface area contributed by atoms with Gasteiger partial charge in [0.1, 0.15) is 35.8 Å². The van der Waals surface area contributed by atoms with Crippen molar-refractivity contribution in [1.82, 2.24) is 9.97 Å². The van der Waals surface area contributed by atoms with Gasteiger partial charge in [0.15, 0.2) is 0 Å². The van der Waals surface area contributed by atoms with Crippen LogP contribution in [0.25, 0.3) is 22.7 Å².